The van der Waals surface area contributed by atoms with E-state index >= 15 is 0 Å². The molecule has 0 spiro atoms. The Morgan fingerprint density at radius 1 is 1.33 bits per heavy atom. The molecule has 1 atom stereocenters. The molecule has 78 valence electrons. The Hall–Kier alpha value is -0.840. The largest absolute Gasteiger partial charge is 0.335 e. The summed E-state index contributed by atoms with van der Waals surface area (Å²) in [5.41, 5.74) is 7.00. The summed E-state index contributed by atoms with van der Waals surface area (Å²) < 4.78 is 0.821. The Morgan fingerprint density at radius 3 is 2.53 bits per heavy atom. The van der Waals surface area contributed by atoms with Crippen molar-refractivity contribution < 1.29 is 0 Å². The molecule has 3 N–H and O–H groups in total. The summed E-state index contributed by atoms with van der Waals surface area (Å²) in [6, 6.07) is 7.16. The predicted octanol–water partition coefficient (Wildman–Crippen LogP) is 2.87. The molecule has 0 saturated carbocycles. The SMILES string of the molecule is NC(c1ccc(Cl)cc1)c1ncc(Br)[nH]1. The van der Waals surface area contributed by atoms with Gasteiger partial charge in [-0.1, -0.05) is 23.7 Å². The van der Waals surface area contributed by atoms with Crippen LogP contribution in [0.15, 0.2) is 35.1 Å². The van der Waals surface area contributed by atoms with E-state index in [1.165, 1.54) is 0 Å². The van der Waals surface area contributed by atoms with Crippen LogP contribution < -0.4 is 5.73 Å². The minimum atomic E-state index is -0.256. The van der Waals surface area contributed by atoms with Crippen LogP contribution >= 0.6 is 27.5 Å². The van der Waals surface area contributed by atoms with Gasteiger partial charge in [0.1, 0.15) is 10.4 Å². The van der Waals surface area contributed by atoms with E-state index < -0.39 is 0 Å². The standard InChI is InChI=1S/C10H9BrClN3/c11-8-5-14-10(15-8)9(13)6-1-3-7(12)4-2-6/h1-5,9H,13H2,(H,14,15). The molecule has 0 radical (unpaired) electrons. The fourth-order valence-corrected chi connectivity index (χ4v) is 1.73. The molecule has 2 rings (SSSR count). The first-order valence-electron chi connectivity index (χ1n) is 4.38. The lowest BCUT2D eigenvalue weighted by Crippen LogP contribution is -2.13. The maximum absolute atomic E-state index is 6.02. The smallest absolute Gasteiger partial charge is 0.128 e. The quantitative estimate of drug-likeness (QED) is 0.892. The Morgan fingerprint density at radius 2 is 2.00 bits per heavy atom. The Bertz CT molecular complexity index is 452. The van der Waals surface area contributed by atoms with Gasteiger partial charge in [-0.3, -0.25) is 0 Å². The second kappa shape index (κ2) is 4.35. The van der Waals surface area contributed by atoms with Crippen molar-refractivity contribution in [1.29, 1.82) is 0 Å². The normalized spacial score (nSPS) is 12.7. The van der Waals surface area contributed by atoms with Gasteiger partial charge in [0.15, 0.2) is 0 Å². The monoisotopic (exact) mass is 285 g/mol. The fourth-order valence-electron chi connectivity index (χ4n) is 1.30. The number of H-pyrrole nitrogens is 1. The van der Waals surface area contributed by atoms with Crippen LogP contribution in [-0.4, -0.2) is 9.97 Å². The van der Waals surface area contributed by atoms with E-state index in [-0.39, 0.29) is 6.04 Å². The molecule has 0 amide bonds. The van der Waals surface area contributed by atoms with E-state index in [0.717, 1.165) is 16.0 Å². The van der Waals surface area contributed by atoms with E-state index in [0.29, 0.717) is 5.02 Å². The maximum Gasteiger partial charge on any atom is 0.128 e. The van der Waals surface area contributed by atoms with Gasteiger partial charge in [0, 0.05) is 5.02 Å². The topological polar surface area (TPSA) is 54.7 Å². The summed E-state index contributed by atoms with van der Waals surface area (Å²) in [5.74, 6) is 0.726. The molecule has 1 unspecified atom stereocenters. The molecule has 0 fully saturated rings. The summed E-state index contributed by atoms with van der Waals surface area (Å²) >= 11 is 9.08. The van der Waals surface area contributed by atoms with Gasteiger partial charge < -0.3 is 10.7 Å². The maximum atomic E-state index is 6.02. The zero-order valence-corrected chi connectivity index (χ0v) is 10.1. The lowest BCUT2D eigenvalue weighted by molar-refractivity contribution is 0.799. The summed E-state index contributed by atoms with van der Waals surface area (Å²) in [7, 11) is 0. The van der Waals surface area contributed by atoms with Gasteiger partial charge in [-0.2, -0.15) is 0 Å². The van der Waals surface area contributed by atoms with Crippen molar-refractivity contribution >= 4 is 27.5 Å². The van der Waals surface area contributed by atoms with E-state index in [9.17, 15) is 0 Å². The number of nitrogens with two attached hydrogens (primary N) is 1. The number of halogens is 2. The van der Waals surface area contributed by atoms with Crippen LogP contribution in [0.3, 0.4) is 0 Å². The van der Waals surface area contributed by atoms with Crippen molar-refractivity contribution in [3.8, 4) is 0 Å². The van der Waals surface area contributed by atoms with Gasteiger partial charge >= 0.3 is 0 Å². The van der Waals surface area contributed by atoms with Crippen molar-refractivity contribution in [2.45, 2.75) is 6.04 Å². The number of hydrogen-bond acceptors (Lipinski definition) is 2. The van der Waals surface area contributed by atoms with Crippen LogP contribution in [0.4, 0.5) is 0 Å². The van der Waals surface area contributed by atoms with Gasteiger partial charge in [0.25, 0.3) is 0 Å². The molecule has 1 heterocycles. The molecule has 15 heavy (non-hydrogen) atoms. The minimum absolute atomic E-state index is 0.256. The van der Waals surface area contributed by atoms with Crippen molar-refractivity contribution in [3.63, 3.8) is 0 Å². The third-order valence-electron chi connectivity index (χ3n) is 2.09. The summed E-state index contributed by atoms with van der Waals surface area (Å²) in [5, 5.41) is 0.701. The van der Waals surface area contributed by atoms with Crippen LogP contribution in [-0.2, 0) is 0 Å². The molecule has 0 aliphatic heterocycles. The first-order valence-corrected chi connectivity index (χ1v) is 5.55. The molecule has 1 aromatic carbocycles. The number of aromatic nitrogens is 2. The van der Waals surface area contributed by atoms with Crippen LogP contribution in [0, 0.1) is 0 Å². The van der Waals surface area contributed by atoms with Crippen LogP contribution in [0.25, 0.3) is 0 Å². The second-order valence-electron chi connectivity index (χ2n) is 3.15. The van der Waals surface area contributed by atoms with Crippen molar-refractivity contribution in [2.75, 3.05) is 0 Å². The summed E-state index contributed by atoms with van der Waals surface area (Å²) in [6.45, 7) is 0. The number of benzene rings is 1. The van der Waals surface area contributed by atoms with Gasteiger partial charge in [0.2, 0.25) is 0 Å². The number of hydrogen-bond donors (Lipinski definition) is 2. The Kier molecular flexibility index (Phi) is 3.09. The number of imidazole rings is 1. The zero-order valence-electron chi connectivity index (χ0n) is 7.74. The lowest BCUT2D eigenvalue weighted by Gasteiger charge is -2.08. The minimum Gasteiger partial charge on any atom is -0.335 e. The fraction of sp³-hybridized carbons (Fsp3) is 0.100. The molecule has 0 aliphatic carbocycles. The van der Waals surface area contributed by atoms with E-state index in [4.69, 9.17) is 17.3 Å². The van der Waals surface area contributed by atoms with Crippen molar-refractivity contribution in [2.24, 2.45) is 5.73 Å². The highest BCUT2D eigenvalue weighted by Crippen LogP contribution is 2.20. The lowest BCUT2D eigenvalue weighted by atomic mass is 10.1. The second-order valence-corrected chi connectivity index (χ2v) is 4.44. The molecular formula is C10H9BrClN3. The molecule has 1 aromatic heterocycles. The van der Waals surface area contributed by atoms with Gasteiger partial charge in [-0.25, -0.2) is 4.98 Å². The molecule has 2 aromatic rings. The van der Waals surface area contributed by atoms with E-state index in [1.54, 1.807) is 6.20 Å². The first kappa shape index (κ1) is 10.7. The van der Waals surface area contributed by atoms with Crippen LogP contribution in [0.1, 0.15) is 17.4 Å². The average molecular weight is 287 g/mol. The molecule has 0 bridgehead atoms. The third kappa shape index (κ3) is 2.40. The van der Waals surface area contributed by atoms with Crippen molar-refractivity contribution in [1.82, 2.24) is 9.97 Å². The Balaban J connectivity index is 2.28. The van der Waals surface area contributed by atoms with Crippen LogP contribution in [0.2, 0.25) is 5.02 Å². The van der Waals surface area contributed by atoms with Gasteiger partial charge in [-0.05, 0) is 33.6 Å². The summed E-state index contributed by atoms with van der Waals surface area (Å²) in [6.07, 6.45) is 1.69. The highest BCUT2D eigenvalue weighted by molar-refractivity contribution is 9.10. The Labute approximate surface area is 101 Å². The number of nitrogens with one attached hydrogen (secondary N) is 1. The number of nitrogens with zero attached hydrogens (tertiary/aromatic N) is 1. The van der Waals surface area contributed by atoms with Crippen molar-refractivity contribution in [3.05, 3.63) is 51.5 Å². The molecule has 0 saturated heterocycles. The number of rotatable bonds is 2. The molecule has 3 nitrogen and oxygen atoms in total. The van der Waals surface area contributed by atoms with E-state index in [2.05, 4.69) is 25.9 Å². The highest BCUT2D eigenvalue weighted by atomic mass is 79.9. The predicted molar refractivity (Wildman–Crippen MR) is 63.8 cm³/mol. The van der Waals surface area contributed by atoms with Gasteiger partial charge in [0.05, 0.1) is 12.2 Å². The molecule has 0 aliphatic rings. The number of aromatic amines is 1. The zero-order chi connectivity index (χ0) is 10.8. The highest BCUT2D eigenvalue weighted by Gasteiger charge is 2.11. The molecular weight excluding hydrogens is 277 g/mol. The molecule has 5 heteroatoms. The van der Waals surface area contributed by atoms with Gasteiger partial charge in [-0.15, -0.1) is 0 Å². The summed E-state index contributed by atoms with van der Waals surface area (Å²) in [4.78, 5) is 7.19. The van der Waals surface area contributed by atoms with E-state index in [1.807, 2.05) is 24.3 Å². The third-order valence-corrected chi connectivity index (χ3v) is 2.74. The first-order chi connectivity index (χ1) is 7.16. The van der Waals surface area contributed by atoms with Crippen LogP contribution in [0.5, 0.6) is 0 Å². The average Bonchev–Trinajstić information content (AvgIpc) is 2.65.